The molecule has 0 amide bonds. The van der Waals surface area contributed by atoms with E-state index in [4.69, 9.17) is 4.74 Å². The highest BCUT2D eigenvalue weighted by molar-refractivity contribution is 9.10. The number of aliphatic hydroxyl groups excluding tert-OH is 1. The van der Waals surface area contributed by atoms with Gasteiger partial charge in [0.15, 0.2) is 11.6 Å². The first kappa shape index (κ1) is 15.8. The molecule has 2 aromatic carbocycles. The van der Waals surface area contributed by atoms with Crippen molar-refractivity contribution in [1.29, 1.82) is 0 Å². The van der Waals surface area contributed by atoms with E-state index in [1.54, 1.807) is 12.1 Å². The molecule has 112 valence electrons. The molecular formula is C16H17BrFNO2. The minimum absolute atomic E-state index is 0.0288. The molecule has 2 N–H and O–H groups in total. The maximum absolute atomic E-state index is 13.4. The van der Waals surface area contributed by atoms with Crippen molar-refractivity contribution in [3.05, 3.63) is 58.3 Å². The van der Waals surface area contributed by atoms with Gasteiger partial charge in [0.1, 0.15) is 12.7 Å². The fourth-order valence-electron chi connectivity index (χ4n) is 1.83. The lowest BCUT2D eigenvalue weighted by Gasteiger charge is -2.16. The minimum Gasteiger partial charge on any atom is -0.488 e. The second-order valence-corrected chi connectivity index (χ2v) is 5.54. The van der Waals surface area contributed by atoms with Crippen LogP contribution in [0, 0.1) is 12.7 Å². The van der Waals surface area contributed by atoms with Crippen LogP contribution in [-0.4, -0.2) is 24.4 Å². The summed E-state index contributed by atoms with van der Waals surface area (Å²) in [6, 6.07) is 12.0. The van der Waals surface area contributed by atoms with Crippen LogP contribution in [0.15, 0.2) is 46.9 Å². The normalized spacial score (nSPS) is 12.0. The van der Waals surface area contributed by atoms with Gasteiger partial charge in [0, 0.05) is 16.7 Å². The van der Waals surface area contributed by atoms with E-state index >= 15 is 0 Å². The van der Waals surface area contributed by atoms with Crippen LogP contribution in [0.3, 0.4) is 0 Å². The number of anilines is 1. The Bertz CT molecular complexity index is 607. The highest BCUT2D eigenvalue weighted by Gasteiger charge is 2.09. The molecule has 0 fully saturated rings. The molecule has 0 aromatic heterocycles. The predicted molar refractivity (Wildman–Crippen MR) is 85.3 cm³/mol. The van der Waals surface area contributed by atoms with Crippen LogP contribution in [0.1, 0.15) is 5.56 Å². The molecular weight excluding hydrogens is 337 g/mol. The topological polar surface area (TPSA) is 41.5 Å². The minimum atomic E-state index is -0.733. The number of ether oxygens (including phenoxy) is 1. The smallest absolute Gasteiger partial charge is 0.165 e. The van der Waals surface area contributed by atoms with Crippen LogP contribution >= 0.6 is 15.9 Å². The van der Waals surface area contributed by atoms with Crippen LogP contribution in [0.4, 0.5) is 10.1 Å². The summed E-state index contributed by atoms with van der Waals surface area (Å²) < 4.78 is 19.6. The Morgan fingerprint density at radius 3 is 2.76 bits per heavy atom. The Labute approximate surface area is 131 Å². The molecule has 0 bridgehead atoms. The molecule has 0 saturated carbocycles. The van der Waals surface area contributed by atoms with Crippen LogP contribution in [-0.2, 0) is 0 Å². The third kappa shape index (κ3) is 4.44. The van der Waals surface area contributed by atoms with Crippen LogP contribution < -0.4 is 10.1 Å². The van der Waals surface area contributed by atoms with E-state index in [1.165, 1.54) is 12.1 Å². The zero-order valence-electron chi connectivity index (χ0n) is 11.6. The van der Waals surface area contributed by atoms with Crippen molar-refractivity contribution < 1.29 is 14.2 Å². The van der Waals surface area contributed by atoms with Crippen LogP contribution in [0.5, 0.6) is 5.75 Å². The van der Waals surface area contributed by atoms with Crippen molar-refractivity contribution in [3.63, 3.8) is 0 Å². The fraction of sp³-hybridized carbons (Fsp3) is 0.250. The van der Waals surface area contributed by atoms with Crippen LogP contribution in [0.2, 0.25) is 0 Å². The van der Waals surface area contributed by atoms with Gasteiger partial charge >= 0.3 is 0 Å². The maximum atomic E-state index is 13.4. The van der Waals surface area contributed by atoms with Gasteiger partial charge < -0.3 is 15.2 Å². The molecule has 2 aromatic rings. The lowest BCUT2D eigenvalue weighted by atomic mass is 10.2. The van der Waals surface area contributed by atoms with Crippen molar-refractivity contribution >= 4 is 21.6 Å². The van der Waals surface area contributed by atoms with Gasteiger partial charge in [0.05, 0.1) is 0 Å². The first-order chi connectivity index (χ1) is 10.1. The lowest BCUT2D eigenvalue weighted by molar-refractivity contribution is 0.115. The second kappa shape index (κ2) is 7.43. The summed E-state index contributed by atoms with van der Waals surface area (Å²) in [4.78, 5) is 0. The van der Waals surface area contributed by atoms with Gasteiger partial charge in [0.25, 0.3) is 0 Å². The molecule has 0 spiro atoms. The molecule has 0 radical (unpaired) electrons. The van der Waals surface area contributed by atoms with E-state index in [0.717, 1.165) is 15.7 Å². The van der Waals surface area contributed by atoms with Crippen LogP contribution in [0.25, 0.3) is 0 Å². The van der Waals surface area contributed by atoms with E-state index in [9.17, 15) is 9.50 Å². The average molecular weight is 354 g/mol. The monoisotopic (exact) mass is 353 g/mol. The Morgan fingerprint density at radius 2 is 2.00 bits per heavy atom. The Hall–Kier alpha value is -1.59. The molecule has 3 nitrogen and oxygen atoms in total. The summed E-state index contributed by atoms with van der Waals surface area (Å²) in [7, 11) is 0. The number of benzene rings is 2. The Balaban J connectivity index is 1.84. The zero-order valence-corrected chi connectivity index (χ0v) is 13.2. The number of hydrogen-bond acceptors (Lipinski definition) is 3. The third-order valence-electron chi connectivity index (χ3n) is 3.06. The highest BCUT2D eigenvalue weighted by atomic mass is 79.9. The standard InChI is InChI=1S/C16H17BrFNO2/c1-11-13(17)5-4-7-15(11)19-9-12(20)10-21-16-8-3-2-6-14(16)18/h2-8,12,19-20H,9-10H2,1H3. The molecule has 0 saturated heterocycles. The molecule has 5 heteroatoms. The molecule has 0 aliphatic heterocycles. The number of halogens is 2. The maximum Gasteiger partial charge on any atom is 0.165 e. The molecule has 1 unspecified atom stereocenters. The second-order valence-electron chi connectivity index (χ2n) is 4.69. The predicted octanol–water partition coefficient (Wildman–Crippen LogP) is 3.75. The van der Waals surface area contributed by atoms with Crippen molar-refractivity contribution in [2.45, 2.75) is 13.0 Å². The summed E-state index contributed by atoms with van der Waals surface area (Å²) in [6.07, 6.45) is -0.733. The van der Waals surface area contributed by atoms with Gasteiger partial charge in [-0.05, 0) is 36.8 Å². The van der Waals surface area contributed by atoms with E-state index in [1.807, 2.05) is 25.1 Å². The highest BCUT2D eigenvalue weighted by Crippen LogP contribution is 2.23. The molecule has 1 atom stereocenters. The number of hydrogen-bond donors (Lipinski definition) is 2. The van der Waals surface area contributed by atoms with Crippen molar-refractivity contribution in [2.75, 3.05) is 18.5 Å². The zero-order chi connectivity index (χ0) is 15.2. The number of rotatable bonds is 6. The van der Waals surface area contributed by atoms with Crippen molar-refractivity contribution in [3.8, 4) is 5.75 Å². The fourth-order valence-corrected chi connectivity index (χ4v) is 2.20. The van der Waals surface area contributed by atoms with Gasteiger partial charge in [-0.25, -0.2) is 4.39 Å². The number of nitrogens with one attached hydrogen (secondary N) is 1. The first-order valence-corrected chi connectivity index (χ1v) is 7.41. The van der Waals surface area contributed by atoms with E-state index < -0.39 is 11.9 Å². The Kier molecular flexibility index (Phi) is 5.59. The summed E-state index contributed by atoms with van der Waals surface area (Å²) in [5.41, 5.74) is 2.01. The summed E-state index contributed by atoms with van der Waals surface area (Å²) in [5, 5.41) is 13.1. The molecule has 0 aliphatic rings. The molecule has 0 heterocycles. The van der Waals surface area contributed by atoms with Gasteiger partial charge in [-0.15, -0.1) is 0 Å². The largest absolute Gasteiger partial charge is 0.488 e. The number of para-hydroxylation sites is 1. The van der Waals surface area contributed by atoms with E-state index in [0.29, 0.717) is 6.54 Å². The molecule has 0 aliphatic carbocycles. The summed E-state index contributed by atoms with van der Waals surface area (Å²) >= 11 is 3.45. The van der Waals surface area contributed by atoms with Gasteiger partial charge in [-0.3, -0.25) is 0 Å². The van der Waals surface area contributed by atoms with E-state index in [2.05, 4.69) is 21.2 Å². The van der Waals surface area contributed by atoms with Gasteiger partial charge in [-0.1, -0.05) is 34.1 Å². The van der Waals surface area contributed by atoms with Gasteiger partial charge in [-0.2, -0.15) is 0 Å². The van der Waals surface area contributed by atoms with Crippen molar-refractivity contribution in [1.82, 2.24) is 0 Å². The molecule has 21 heavy (non-hydrogen) atoms. The first-order valence-electron chi connectivity index (χ1n) is 6.62. The SMILES string of the molecule is Cc1c(Br)cccc1NCC(O)COc1ccccc1F. The average Bonchev–Trinajstić information content (AvgIpc) is 2.48. The quantitative estimate of drug-likeness (QED) is 0.830. The third-order valence-corrected chi connectivity index (χ3v) is 3.92. The van der Waals surface area contributed by atoms with Gasteiger partial charge in [0.2, 0.25) is 0 Å². The summed E-state index contributed by atoms with van der Waals surface area (Å²) in [6.45, 7) is 2.33. The number of aliphatic hydroxyl groups is 1. The van der Waals surface area contributed by atoms with Crippen molar-refractivity contribution in [2.24, 2.45) is 0 Å². The summed E-state index contributed by atoms with van der Waals surface area (Å²) in [5.74, 6) is -0.282. The molecule has 2 rings (SSSR count). The Morgan fingerprint density at radius 1 is 1.24 bits per heavy atom. The lowest BCUT2D eigenvalue weighted by Crippen LogP contribution is -2.26. The van der Waals surface area contributed by atoms with E-state index in [-0.39, 0.29) is 12.4 Å².